The van der Waals surface area contributed by atoms with Gasteiger partial charge in [0.2, 0.25) is 5.91 Å². The number of anilines is 1. The number of halogens is 4. The third-order valence-corrected chi connectivity index (χ3v) is 5.53. The van der Waals surface area contributed by atoms with Gasteiger partial charge in [0.15, 0.2) is 11.7 Å². The van der Waals surface area contributed by atoms with E-state index in [1.807, 2.05) is 31.2 Å². The smallest absolute Gasteiger partial charge is 0.357 e. The van der Waals surface area contributed by atoms with E-state index in [-0.39, 0.29) is 42.3 Å². The van der Waals surface area contributed by atoms with Crippen LogP contribution in [0.2, 0.25) is 0 Å². The Balaban J connectivity index is 0.00000341. The van der Waals surface area contributed by atoms with Crippen LogP contribution in [0.5, 0.6) is 0 Å². The highest BCUT2D eigenvalue weighted by molar-refractivity contribution is 14.0. The van der Waals surface area contributed by atoms with Gasteiger partial charge in [-0.05, 0) is 37.5 Å². The van der Waals surface area contributed by atoms with Crippen molar-refractivity contribution in [1.82, 2.24) is 15.6 Å². The summed E-state index contributed by atoms with van der Waals surface area (Å²) in [5, 5.41) is 10.3. The molecule has 0 radical (unpaired) electrons. The van der Waals surface area contributed by atoms with Crippen LogP contribution in [-0.4, -0.2) is 23.4 Å². The molecule has 0 aliphatic heterocycles. The first-order valence-electron chi connectivity index (χ1n) is 9.78. The lowest BCUT2D eigenvalue weighted by atomic mass is 9.85. The summed E-state index contributed by atoms with van der Waals surface area (Å²) in [5.74, 6) is 0.642. The molecule has 6 nitrogen and oxygen atoms in total. The number of nitrogens with zero attached hydrogens (tertiary/aromatic N) is 2. The molecule has 1 heterocycles. The molecule has 0 atom stereocenters. The van der Waals surface area contributed by atoms with Gasteiger partial charge in [0.25, 0.3) is 0 Å². The number of amides is 1. The van der Waals surface area contributed by atoms with Crippen molar-refractivity contribution in [3.63, 3.8) is 0 Å². The van der Waals surface area contributed by atoms with Gasteiger partial charge in [-0.2, -0.15) is 13.2 Å². The number of carbonyl (C=O) groups excluding carboxylic acids is 1. The highest BCUT2D eigenvalue weighted by Gasteiger charge is 2.33. The fourth-order valence-corrected chi connectivity index (χ4v) is 3.60. The molecule has 170 valence electrons. The van der Waals surface area contributed by atoms with Gasteiger partial charge in [0.05, 0.1) is 13.1 Å². The van der Waals surface area contributed by atoms with Crippen LogP contribution < -0.4 is 16.0 Å². The lowest BCUT2D eigenvalue weighted by molar-refractivity contribution is -0.140. The molecule has 31 heavy (non-hydrogen) atoms. The number of rotatable bonds is 7. The Hall–Kier alpha value is -1.89. The summed E-state index contributed by atoms with van der Waals surface area (Å²) >= 11 is 0.951. The van der Waals surface area contributed by atoms with Crippen molar-refractivity contribution in [2.24, 2.45) is 10.9 Å². The van der Waals surface area contributed by atoms with Crippen LogP contribution in [0.25, 0.3) is 0 Å². The van der Waals surface area contributed by atoms with Crippen LogP contribution in [0.4, 0.5) is 18.9 Å². The van der Waals surface area contributed by atoms with E-state index < -0.39 is 11.9 Å². The topological polar surface area (TPSA) is 78.4 Å². The first kappa shape index (κ1) is 25.4. The van der Waals surface area contributed by atoms with Crippen molar-refractivity contribution in [2.45, 2.75) is 45.5 Å². The van der Waals surface area contributed by atoms with E-state index >= 15 is 0 Å². The van der Waals surface area contributed by atoms with Gasteiger partial charge in [-0.15, -0.1) is 35.3 Å². The third kappa shape index (κ3) is 7.63. The van der Waals surface area contributed by atoms with E-state index in [2.05, 4.69) is 25.9 Å². The summed E-state index contributed by atoms with van der Waals surface area (Å²) in [6.07, 6.45) is -1.45. The molecule has 0 saturated heterocycles. The van der Waals surface area contributed by atoms with Crippen molar-refractivity contribution < 1.29 is 18.0 Å². The van der Waals surface area contributed by atoms with Crippen molar-refractivity contribution >= 4 is 52.9 Å². The minimum atomic E-state index is -4.44. The second-order valence-electron chi connectivity index (χ2n) is 6.99. The summed E-state index contributed by atoms with van der Waals surface area (Å²) in [5.41, 5.74) is 0.763. The summed E-state index contributed by atoms with van der Waals surface area (Å²) in [6.45, 7) is 3.01. The largest absolute Gasteiger partial charge is 0.434 e. The maximum absolute atomic E-state index is 12.7. The molecule has 0 unspecified atom stereocenters. The number of benzene rings is 1. The van der Waals surface area contributed by atoms with Crippen LogP contribution in [-0.2, 0) is 24.1 Å². The quantitative estimate of drug-likeness (QED) is 0.256. The molecule has 1 aromatic heterocycles. The van der Waals surface area contributed by atoms with Crippen LogP contribution in [0.1, 0.15) is 42.5 Å². The first-order valence-corrected chi connectivity index (χ1v) is 10.7. The minimum absolute atomic E-state index is 0. The van der Waals surface area contributed by atoms with Gasteiger partial charge in [-0.3, -0.25) is 4.79 Å². The van der Waals surface area contributed by atoms with E-state index in [0.717, 1.165) is 47.2 Å². The first-order chi connectivity index (χ1) is 14.3. The summed E-state index contributed by atoms with van der Waals surface area (Å²) in [4.78, 5) is 20.2. The van der Waals surface area contributed by atoms with Gasteiger partial charge in [0, 0.05) is 23.5 Å². The van der Waals surface area contributed by atoms with Crippen molar-refractivity contribution in [2.75, 3.05) is 11.9 Å². The average Bonchev–Trinajstić information content (AvgIpc) is 3.12. The van der Waals surface area contributed by atoms with E-state index in [1.165, 1.54) is 0 Å². The number of hydrogen-bond donors (Lipinski definition) is 3. The van der Waals surface area contributed by atoms with Crippen LogP contribution in [0.15, 0.2) is 34.6 Å². The zero-order chi connectivity index (χ0) is 21.6. The zero-order valence-corrected chi connectivity index (χ0v) is 20.1. The lowest BCUT2D eigenvalue weighted by Crippen LogP contribution is -2.36. The molecule has 1 amide bonds. The molecular formula is C20H25F3IN5OS. The molecule has 1 aromatic carbocycles. The molecule has 1 fully saturated rings. The third-order valence-electron chi connectivity index (χ3n) is 4.68. The van der Waals surface area contributed by atoms with Gasteiger partial charge in [-0.1, -0.05) is 18.6 Å². The molecule has 1 aliphatic carbocycles. The molecule has 0 bridgehead atoms. The van der Waals surface area contributed by atoms with E-state index in [0.29, 0.717) is 24.1 Å². The minimum Gasteiger partial charge on any atom is -0.357 e. The number of hydrogen-bond acceptors (Lipinski definition) is 4. The Kier molecular flexibility index (Phi) is 9.54. The Morgan fingerprint density at radius 1 is 1.29 bits per heavy atom. The van der Waals surface area contributed by atoms with Crippen molar-refractivity contribution in [3.05, 3.63) is 45.9 Å². The number of aromatic nitrogens is 1. The summed E-state index contributed by atoms with van der Waals surface area (Å²) < 4.78 is 38.0. The average molecular weight is 567 g/mol. The van der Waals surface area contributed by atoms with Gasteiger partial charge >= 0.3 is 6.18 Å². The predicted molar refractivity (Wildman–Crippen MR) is 127 cm³/mol. The number of thiazole rings is 1. The second-order valence-corrected chi connectivity index (χ2v) is 7.93. The van der Waals surface area contributed by atoms with Gasteiger partial charge < -0.3 is 16.0 Å². The molecule has 11 heteroatoms. The van der Waals surface area contributed by atoms with Crippen LogP contribution in [0, 0.1) is 5.92 Å². The highest BCUT2D eigenvalue weighted by atomic mass is 127. The van der Waals surface area contributed by atoms with Crippen molar-refractivity contribution in [3.8, 4) is 0 Å². The Labute approximate surface area is 200 Å². The maximum atomic E-state index is 12.7. The summed E-state index contributed by atoms with van der Waals surface area (Å²) in [6, 6.07) is 7.48. The Morgan fingerprint density at radius 2 is 2.06 bits per heavy atom. The van der Waals surface area contributed by atoms with Crippen molar-refractivity contribution in [1.29, 1.82) is 0 Å². The van der Waals surface area contributed by atoms with E-state index in [1.54, 1.807) is 0 Å². The lowest BCUT2D eigenvalue weighted by Gasteiger charge is -2.24. The van der Waals surface area contributed by atoms with Gasteiger partial charge in [0.1, 0.15) is 5.01 Å². The number of alkyl halides is 3. The molecule has 1 saturated carbocycles. The fourth-order valence-electron chi connectivity index (χ4n) is 2.86. The van der Waals surface area contributed by atoms with Crippen LogP contribution >= 0.6 is 35.3 Å². The fraction of sp³-hybridized carbons (Fsp3) is 0.450. The molecule has 1 aliphatic rings. The Morgan fingerprint density at radius 3 is 2.68 bits per heavy atom. The zero-order valence-electron chi connectivity index (χ0n) is 17.0. The predicted octanol–water partition coefficient (Wildman–Crippen LogP) is 4.77. The number of carbonyl (C=O) groups is 1. The number of guanidine groups is 1. The number of nitrogens with one attached hydrogen (secondary N) is 3. The molecular weight excluding hydrogens is 542 g/mol. The Bertz CT molecular complexity index is 899. The molecule has 0 spiro atoms. The SMILES string of the molecule is CCNC(=NCc1cccc(NC(=O)C2CCC2)c1)NCc1nc(C(F)(F)F)cs1.I. The molecule has 3 rings (SSSR count). The normalized spacial score (nSPS) is 14.4. The monoisotopic (exact) mass is 567 g/mol. The summed E-state index contributed by atoms with van der Waals surface area (Å²) in [7, 11) is 0. The van der Waals surface area contributed by atoms with E-state index in [9.17, 15) is 18.0 Å². The highest BCUT2D eigenvalue weighted by Crippen LogP contribution is 2.30. The molecule has 2 aromatic rings. The standard InChI is InChI=1S/C20H24F3N5OS.HI/c1-2-24-19(26-11-17-28-16(12-30-17)20(21,22)23)25-10-13-5-3-8-15(9-13)27-18(29)14-6-4-7-14;/h3,5,8-9,12,14H,2,4,6-7,10-11H2,1H3,(H,27,29)(H2,24,25,26);1H. The van der Waals surface area contributed by atoms with Crippen LogP contribution in [0.3, 0.4) is 0 Å². The number of aliphatic imine (C=N–C) groups is 1. The van der Waals surface area contributed by atoms with E-state index in [4.69, 9.17) is 0 Å². The second kappa shape index (κ2) is 11.7. The molecule has 3 N–H and O–H groups in total. The maximum Gasteiger partial charge on any atom is 0.434 e. The van der Waals surface area contributed by atoms with Gasteiger partial charge in [-0.25, -0.2) is 9.98 Å².